The van der Waals surface area contributed by atoms with Crippen molar-refractivity contribution in [3.05, 3.63) is 81.4 Å². The zero-order chi connectivity index (χ0) is 20.1. The molecule has 0 bridgehead atoms. The van der Waals surface area contributed by atoms with Crippen molar-refractivity contribution in [3.63, 3.8) is 0 Å². The summed E-state index contributed by atoms with van der Waals surface area (Å²) in [5.74, 6) is 1.41. The highest BCUT2D eigenvalue weighted by Gasteiger charge is 2.17. The zero-order valence-corrected chi connectivity index (χ0v) is 16.5. The highest BCUT2D eigenvalue weighted by atomic mass is 35.5. The summed E-state index contributed by atoms with van der Waals surface area (Å²) >= 11 is 6.56. The van der Waals surface area contributed by atoms with Crippen molar-refractivity contribution in [1.82, 2.24) is 15.0 Å². The highest BCUT2D eigenvalue weighted by molar-refractivity contribution is 6.35. The third-order valence-electron chi connectivity index (χ3n) is 4.91. The number of pyridine rings is 3. The van der Waals surface area contributed by atoms with E-state index in [-0.39, 0.29) is 5.43 Å². The molecule has 4 heterocycles. The molecule has 4 aromatic heterocycles. The quantitative estimate of drug-likeness (QED) is 0.413. The van der Waals surface area contributed by atoms with Gasteiger partial charge in [0, 0.05) is 28.9 Å². The number of halogens is 1. The van der Waals surface area contributed by atoms with Crippen LogP contribution in [0.4, 0.5) is 0 Å². The zero-order valence-electron chi connectivity index (χ0n) is 15.8. The first-order valence-corrected chi connectivity index (χ1v) is 9.54. The molecule has 29 heavy (non-hydrogen) atoms. The van der Waals surface area contributed by atoms with Crippen LogP contribution in [0.25, 0.3) is 44.5 Å². The number of hydrogen-bond donors (Lipinski definition) is 1. The number of benzene rings is 1. The molecule has 0 atom stereocenters. The van der Waals surface area contributed by atoms with Crippen molar-refractivity contribution in [1.29, 1.82) is 0 Å². The summed E-state index contributed by atoms with van der Waals surface area (Å²) in [5, 5.41) is 1.97. The summed E-state index contributed by atoms with van der Waals surface area (Å²) in [6.45, 7) is 3.81. The van der Waals surface area contributed by atoms with Gasteiger partial charge in [0.25, 0.3) is 0 Å². The molecule has 5 nitrogen and oxygen atoms in total. The van der Waals surface area contributed by atoms with Gasteiger partial charge in [-0.05, 0) is 55.8 Å². The number of fused-ring (bicyclic) bond motifs is 2. The number of nitrogens with zero attached hydrogens (tertiary/aromatic N) is 2. The lowest BCUT2D eigenvalue weighted by atomic mass is 9.99. The number of hydrogen-bond acceptors (Lipinski definition) is 4. The maximum atomic E-state index is 12.4. The molecule has 142 valence electrons. The number of aromatic nitrogens is 3. The van der Waals surface area contributed by atoms with Crippen LogP contribution in [0, 0.1) is 13.8 Å². The monoisotopic (exact) mass is 401 g/mol. The van der Waals surface area contributed by atoms with E-state index in [4.69, 9.17) is 21.0 Å². The first kappa shape index (κ1) is 17.6. The third-order valence-corrected chi connectivity index (χ3v) is 5.20. The fourth-order valence-corrected chi connectivity index (χ4v) is 3.78. The van der Waals surface area contributed by atoms with Crippen LogP contribution in [0.15, 0.2) is 63.9 Å². The van der Waals surface area contributed by atoms with Crippen molar-refractivity contribution >= 4 is 33.5 Å². The van der Waals surface area contributed by atoms with Gasteiger partial charge in [-0.2, -0.15) is 0 Å². The smallest absolute Gasteiger partial charge is 0.191 e. The van der Waals surface area contributed by atoms with Crippen LogP contribution < -0.4 is 5.43 Å². The average molecular weight is 402 g/mol. The molecular formula is C23H16ClN3O2. The number of furan rings is 1. The Morgan fingerprint density at radius 1 is 1.00 bits per heavy atom. The molecule has 0 aliphatic heterocycles. The van der Waals surface area contributed by atoms with Crippen LogP contribution >= 0.6 is 11.6 Å². The van der Waals surface area contributed by atoms with Crippen LogP contribution in [-0.2, 0) is 0 Å². The fourth-order valence-electron chi connectivity index (χ4n) is 3.51. The third kappa shape index (κ3) is 3.00. The van der Waals surface area contributed by atoms with Gasteiger partial charge in [0.15, 0.2) is 11.2 Å². The van der Waals surface area contributed by atoms with Crippen molar-refractivity contribution in [3.8, 4) is 22.6 Å². The Morgan fingerprint density at radius 3 is 2.66 bits per heavy atom. The van der Waals surface area contributed by atoms with Gasteiger partial charge in [-0.15, -0.1) is 0 Å². The molecule has 1 aromatic carbocycles. The molecular weight excluding hydrogens is 386 g/mol. The lowest BCUT2D eigenvalue weighted by molar-refractivity contribution is 0.547. The Morgan fingerprint density at radius 2 is 1.86 bits per heavy atom. The minimum Gasteiger partial charge on any atom is -0.460 e. The first-order chi connectivity index (χ1) is 14.0. The summed E-state index contributed by atoms with van der Waals surface area (Å²) in [6, 6.07) is 14.9. The topological polar surface area (TPSA) is 71.8 Å². The molecule has 6 heteroatoms. The molecule has 0 aliphatic rings. The number of rotatable bonds is 2. The van der Waals surface area contributed by atoms with Crippen molar-refractivity contribution in [2.24, 2.45) is 0 Å². The van der Waals surface area contributed by atoms with E-state index < -0.39 is 0 Å². The molecule has 0 aliphatic carbocycles. The Balaban J connectivity index is 1.86. The van der Waals surface area contributed by atoms with E-state index >= 15 is 0 Å². The average Bonchev–Trinajstić information content (AvgIpc) is 3.14. The maximum Gasteiger partial charge on any atom is 0.191 e. The highest BCUT2D eigenvalue weighted by Crippen LogP contribution is 2.36. The molecule has 0 saturated carbocycles. The summed E-state index contributed by atoms with van der Waals surface area (Å²) in [5.41, 5.74) is 4.31. The normalized spacial score (nSPS) is 11.4. The summed E-state index contributed by atoms with van der Waals surface area (Å²) in [4.78, 5) is 24.7. The molecule has 0 fully saturated rings. The minimum absolute atomic E-state index is 0.0983. The number of aryl methyl sites for hydroxylation is 2. The molecule has 5 aromatic rings. The number of aromatic amines is 1. The summed E-state index contributed by atoms with van der Waals surface area (Å²) in [6.07, 6.45) is 1.59. The molecule has 0 spiro atoms. The van der Waals surface area contributed by atoms with Crippen molar-refractivity contribution in [2.45, 2.75) is 13.8 Å². The van der Waals surface area contributed by atoms with Crippen LogP contribution in [0.1, 0.15) is 11.5 Å². The van der Waals surface area contributed by atoms with Crippen molar-refractivity contribution in [2.75, 3.05) is 0 Å². The van der Waals surface area contributed by atoms with E-state index in [0.29, 0.717) is 27.5 Å². The largest absolute Gasteiger partial charge is 0.460 e. The van der Waals surface area contributed by atoms with Gasteiger partial charge in [0.2, 0.25) is 0 Å². The van der Waals surface area contributed by atoms with E-state index in [2.05, 4.69) is 9.97 Å². The molecule has 0 saturated heterocycles. The Bertz CT molecular complexity index is 1470. The van der Waals surface area contributed by atoms with E-state index in [1.165, 1.54) is 6.07 Å². The lowest BCUT2D eigenvalue weighted by Gasteiger charge is -2.11. The maximum absolute atomic E-state index is 12.4. The second-order valence-electron chi connectivity index (χ2n) is 7.02. The standard InChI is InChI=1S/C23H16ClN3O2/c1-12-3-5-14-9-15(10-18(24)21(14)26-12)16-11-17-19(28)7-8-25-23(17)27-22(16)20-6-4-13(2)29-20/h3-11H,1-2H3,(H,25,27,28). The summed E-state index contributed by atoms with van der Waals surface area (Å²) in [7, 11) is 0. The van der Waals surface area contributed by atoms with Gasteiger partial charge in [0.05, 0.1) is 15.9 Å². The SMILES string of the molecule is Cc1ccc2cc(-c3cc4c(=O)cc[nH]c4nc3-c3ccc(C)o3)cc(Cl)c2n1. The Labute approximate surface area is 171 Å². The second kappa shape index (κ2) is 6.57. The van der Waals surface area contributed by atoms with Crippen LogP contribution in [0.3, 0.4) is 0 Å². The van der Waals surface area contributed by atoms with Gasteiger partial charge in [-0.1, -0.05) is 17.7 Å². The molecule has 5 rings (SSSR count). The van der Waals surface area contributed by atoms with Crippen LogP contribution in [-0.4, -0.2) is 15.0 Å². The minimum atomic E-state index is -0.0983. The fraction of sp³-hybridized carbons (Fsp3) is 0.0870. The van der Waals surface area contributed by atoms with Crippen LogP contribution in [0.5, 0.6) is 0 Å². The predicted molar refractivity (Wildman–Crippen MR) is 115 cm³/mol. The van der Waals surface area contributed by atoms with E-state index in [9.17, 15) is 4.79 Å². The molecule has 0 unspecified atom stereocenters. The van der Waals surface area contributed by atoms with E-state index in [0.717, 1.165) is 33.5 Å². The predicted octanol–water partition coefficient (Wildman–Crippen LogP) is 5.67. The van der Waals surface area contributed by atoms with Gasteiger partial charge in [-0.25, -0.2) is 4.98 Å². The van der Waals surface area contributed by atoms with Crippen molar-refractivity contribution < 1.29 is 4.42 Å². The Kier molecular flexibility index (Phi) is 4.00. The van der Waals surface area contributed by atoms with E-state index in [1.807, 2.05) is 56.3 Å². The molecule has 1 N–H and O–H groups in total. The van der Waals surface area contributed by atoms with Gasteiger partial charge < -0.3 is 9.40 Å². The molecule has 0 amide bonds. The van der Waals surface area contributed by atoms with Gasteiger partial charge >= 0.3 is 0 Å². The molecule has 0 radical (unpaired) electrons. The van der Waals surface area contributed by atoms with Gasteiger partial charge in [-0.3, -0.25) is 9.78 Å². The number of nitrogens with one attached hydrogen (secondary N) is 1. The second-order valence-corrected chi connectivity index (χ2v) is 7.42. The number of H-pyrrole nitrogens is 1. The van der Waals surface area contributed by atoms with Gasteiger partial charge in [0.1, 0.15) is 17.1 Å². The van der Waals surface area contributed by atoms with Crippen LogP contribution in [0.2, 0.25) is 5.02 Å². The van der Waals surface area contributed by atoms with E-state index in [1.54, 1.807) is 6.20 Å². The summed E-state index contributed by atoms with van der Waals surface area (Å²) < 4.78 is 5.84. The Hall–Kier alpha value is -3.44. The lowest BCUT2D eigenvalue weighted by Crippen LogP contribution is -2.03. The first-order valence-electron chi connectivity index (χ1n) is 9.16.